The fourth-order valence-corrected chi connectivity index (χ4v) is 2.83. The standard InChI is InChI=1S/C23H15F2NO3/c24-17-8-5-6-15(12-17)14-28-21-11-4-1-7-16(21)13-20-23(27)29-22(26-20)18-9-2-3-10-19(18)25/h1-13H,14H2/b20-13-. The monoisotopic (exact) mass is 391 g/mol. The Labute approximate surface area is 165 Å². The van der Waals surface area contributed by atoms with E-state index in [4.69, 9.17) is 9.47 Å². The van der Waals surface area contributed by atoms with Crippen LogP contribution in [0.2, 0.25) is 0 Å². The maximum atomic E-state index is 13.9. The number of aliphatic imine (C=N–C) groups is 1. The van der Waals surface area contributed by atoms with Crippen molar-refractivity contribution in [2.24, 2.45) is 4.99 Å². The molecule has 0 unspecified atom stereocenters. The summed E-state index contributed by atoms with van der Waals surface area (Å²) in [6, 6.07) is 19.1. The van der Waals surface area contributed by atoms with E-state index in [1.165, 1.54) is 30.3 Å². The van der Waals surface area contributed by atoms with Crippen LogP contribution < -0.4 is 4.74 Å². The maximum Gasteiger partial charge on any atom is 0.363 e. The molecule has 4 rings (SSSR count). The second-order valence-electron chi connectivity index (χ2n) is 6.27. The summed E-state index contributed by atoms with van der Waals surface area (Å²) in [5.74, 6) is -1.14. The summed E-state index contributed by atoms with van der Waals surface area (Å²) in [5.41, 5.74) is 1.41. The van der Waals surface area contributed by atoms with Gasteiger partial charge in [0.15, 0.2) is 5.70 Å². The van der Waals surface area contributed by atoms with Gasteiger partial charge in [0.2, 0.25) is 5.90 Å². The smallest absolute Gasteiger partial charge is 0.363 e. The molecule has 29 heavy (non-hydrogen) atoms. The molecule has 0 saturated carbocycles. The van der Waals surface area contributed by atoms with Gasteiger partial charge < -0.3 is 9.47 Å². The highest BCUT2D eigenvalue weighted by atomic mass is 19.1. The third-order valence-electron chi connectivity index (χ3n) is 4.22. The van der Waals surface area contributed by atoms with Crippen molar-refractivity contribution in [3.63, 3.8) is 0 Å². The highest BCUT2D eigenvalue weighted by molar-refractivity contribution is 6.13. The number of hydrogen-bond donors (Lipinski definition) is 0. The van der Waals surface area contributed by atoms with Crippen molar-refractivity contribution in [1.82, 2.24) is 0 Å². The molecule has 3 aromatic carbocycles. The number of carbonyl (C=O) groups excluding carboxylic acids is 1. The van der Waals surface area contributed by atoms with Gasteiger partial charge in [-0.05, 0) is 42.0 Å². The molecule has 0 saturated heterocycles. The molecular formula is C23H15F2NO3. The van der Waals surface area contributed by atoms with Gasteiger partial charge in [0.25, 0.3) is 0 Å². The van der Waals surface area contributed by atoms with E-state index in [0.29, 0.717) is 16.9 Å². The van der Waals surface area contributed by atoms with E-state index in [0.717, 1.165) is 0 Å². The fourth-order valence-electron chi connectivity index (χ4n) is 2.83. The normalized spacial score (nSPS) is 14.6. The lowest BCUT2D eigenvalue weighted by Crippen LogP contribution is -2.07. The van der Waals surface area contributed by atoms with E-state index in [9.17, 15) is 13.6 Å². The molecule has 0 amide bonds. The minimum atomic E-state index is -0.678. The summed E-state index contributed by atoms with van der Waals surface area (Å²) >= 11 is 0. The van der Waals surface area contributed by atoms with E-state index in [2.05, 4.69) is 4.99 Å². The van der Waals surface area contributed by atoms with Gasteiger partial charge >= 0.3 is 5.97 Å². The first kappa shape index (κ1) is 18.6. The molecule has 0 radical (unpaired) electrons. The fraction of sp³-hybridized carbons (Fsp3) is 0.0435. The number of cyclic esters (lactones) is 1. The first-order chi connectivity index (χ1) is 14.1. The number of rotatable bonds is 5. The topological polar surface area (TPSA) is 47.9 Å². The van der Waals surface area contributed by atoms with Crippen molar-refractivity contribution in [1.29, 1.82) is 0 Å². The zero-order valence-corrected chi connectivity index (χ0v) is 15.1. The third-order valence-corrected chi connectivity index (χ3v) is 4.22. The molecule has 0 N–H and O–H groups in total. The molecule has 1 heterocycles. The number of halogens is 2. The molecule has 6 heteroatoms. The highest BCUT2D eigenvalue weighted by Gasteiger charge is 2.26. The van der Waals surface area contributed by atoms with Crippen LogP contribution in [0.25, 0.3) is 6.08 Å². The Morgan fingerprint density at radius 1 is 0.966 bits per heavy atom. The second kappa shape index (κ2) is 8.06. The van der Waals surface area contributed by atoms with Crippen molar-refractivity contribution in [3.8, 4) is 5.75 Å². The number of esters is 1. The van der Waals surface area contributed by atoms with E-state index in [-0.39, 0.29) is 29.6 Å². The molecule has 1 aliphatic rings. The zero-order chi connectivity index (χ0) is 20.2. The number of ether oxygens (including phenoxy) is 2. The summed E-state index contributed by atoms with van der Waals surface area (Å²) in [5, 5.41) is 0. The van der Waals surface area contributed by atoms with Crippen molar-refractivity contribution in [2.75, 3.05) is 0 Å². The van der Waals surface area contributed by atoms with Crippen molar-refractivity contribution in [2.45, 2.75) is 6.61 Å². The van der Waals surface area contributed by atoms with Crippen LogP contribution in [0.4, 0.5) is 8.78 Å². The molecule has 144 valence electrons. The third kappa shape index (κ3) is 4.21. The molecule has 3 aromatic rings. The van der Waals surface area contributed by atoms with Crippen LogP contribution in [0.1, 0.15) is 16.7 Å². The first-order valence-corrected chi connectivity index (χ1v) is 8.84. The van der Waals surface area contributed by atoms with Gasteiger partial charge in [-0.3, -0.25) is 0 Å². The predicted molar refractivity (Wildman–Crippen MR) is 104 cm³/mol. The van der Waals surface area contributed by atoms with Gasteiger partial charge in [-0.1, -0.05) is 42.5 Å². The quantitative estimate of drug-likeness (QED) is 0.460. The first-order valence-electron chi connectivity index (χ1n) is 8.84. The van der Waals surface area contributed by atoms with Crippen LogP contribution in [0.15, 0.2) is 83.5 Å². The molecule has 0 spiro atoms. The average Bonchev–Trinajstić information content (AvgIpc) is 3.08. The summed E-state index contributed by atoms with van der Waals surface area (Å²) in [6.07, 6.45) is 1.51. The summed E-state index contributed by atoms with van der Waals surface area (Å²) in [6.45, 7) is 0.159. The van der Waals surface area contributed by atoms with Crippen LogP contribution in [0, 0.1) is 11.6 Å². The Morgan fingerprint density at radius 2 is 1.76 bits per heavy atom. The summed E-state index contributed by atoms with van der Waals surface area (Å²) < 4.78 is 38.2. The predicted octanol–water partition coefficient (Wildman–Crippen LogP) is 4.89. The molecule has 0 atom stereocenters. The van der Waals surface area contributed by atoms with Gasteiger partial charge in [-0.2, -0.15) is 0 Å². The lowest BCUT2D eigenvalue weighted by molar-refractivity contribution is -0.129. The maximum absolute atomic E-state index is 13.9. The number of benzene rings is 3. The lowest BCUT2D eigenvalue weighted by Gasteiger charge is -2.09. The zero-order valence-electron chi connectivity index (χ0n) is 15.1. The van der Waals surface area contributed by atoms with Gasteiger partial charge in [-0.15, -0.1) is 0 Å². The molecule has 0 aliphatic carbocycles. The number of carbonyl (C=O) groups is 1. The van der Waals surface area contributed by atoms with Gasteiger partial charge in [0.05, 0.1) is 5.56 Å². The lowest BCUT2D eigenvalue weighted by atomic mass is 10.1. The average molecular weight is 391 g/mol. The second-order valence-corrected chi connectivity index (χ2v) is 6.27. The number of para-hydroxylation sites is 1. The SMILES string of the molecule is O=C1OC(c2ccccc2F)=N/C1=C\c1ccccc1OCc1cccc(F)c1. The summed E-state index contributed by atoms with van der Waals surface area (Å²) in [7, 11) is 0. The highest BCUT2D eigenvalue weighted by Crippen LogP contribution is 2.26. The molecule has 1 aliphatic heterocycles. The van der Waals surface area contributed by atoms with Crippen LogP contribution in [0.3, 0.4) is 0 Å². The van der Waals surface area contributed by atoms with E-state index in [1.807, 2.05) is 0 Å². The van der Waals surface area contributed by atoms with Gasteiger partial charge in [0.1, 0.15) is 24.0 Å². The number of hydrogen-bond acceptors (Lipinski definition) is 4. The van der Waals surface area contributed by atoms with Crippen LogP contribution in [0.5, 0.6) is 5.75 Å². The Bertz CT molecular complexity index is 1140. The van der Waals surface area contributed by atoms with Gasteiger partial charge in [0, 0.05) is 5.56 Å². The minimum absolute atomic E-state index is 0.0325. The largest absolute Gasteiger partial charge is 0.488 e. The Kier molecular flexibility index (Phi) is 5.16. The number of nitrogens with zero attached hydrogens (tertiary/aromatic N) is 1. The minimum Gasteiger partial charge on any atom is -0.488 e. The molecular weight excluding hydrogens is 376 g/mol. The van der Waals surface area contributed by atoms with Crippen molar-refractivity contribution in [3.05, 3.63) is 107 Å². The van der Waals surface area contributed by atoms with Crippen molar-refractivity contribution < 1.29 is 23.0 Å². The Morgan fingerprint density at radius 3 is 2.59 bits per heavy atom. The van der Waals surface area contributed by atoms with Crippen LogP contribution in [-0.2, 0) is 16.1 Å². The van der Waals surface area contributed by atoms with E-state index >= 15 is 0 Å². The van der Waals surface area contributed by atoms with Crippen molar-refractivity contribution >= 4 is 17.9 Å². The molecule has 0 fully saturated rings. The van der Waals surface area contributed by atoms with Crippen LogP contribution in [-0.4, -0.2) is 11.9 Å². The molecule has 0 aromatic heterocycles. The molecule has 0 bridgehead atoms. The van der Waals surface area contributed by atoms with E-state index in [1.54, 1.807) is 48.5 Å². The Hall–Kier alpha value is -3.80. The van der Waals surface area contributed by atoms with Crippen LogP contribution >= 0.6 is 0 Å². The van der Waals surface area contributed by atoms with E-state index < -0.39 is 11.8 Å². The summed E-state index contributed by atoms with van der Waals surface area (Å²) in [4.78, 5) is 16.3. The van der Waals surface area contributed by atoms with Gasteiger partial charge in [-0.25, -0.2) is 18.6 Å². The Balaban J connectivity index is 1.60. The molecule has 4 nitrogen and oxygen atoms in total.